The van der Waals surface area contributed by atoms with Crippen molar-refractivity contribution in [1.82, 2.24) is 5.32 Å². The van der Waals surface area contributed by atoms with Gasteiger partial charge >= 0.3 is 5.97 Å². The Bertz CT molecular complexity index is 594. The van der Waals surface area contributed by atoms with E-state index in [0.29, 0.717) is 0 Å². The highest BCUT2D eigenvalue weighted by atomic mass is 35.5. The number of alkyl halides is 2. The third-order valence-corrected chi connectivity index (χ3v) is 2.59. The average Bonchev–Trinajstić information content (AvgIpc) is 2.44. The number of allylic oxidation sites excluding steroid dienone is 2. The third kappa shape index (κ3) is 14.4. The van der Waals surface area contributed by atoms with E-state index in [0.717, 1.165) is 6.08 Å². The summed E-state index contributed by atoms with van der Waals surface area (Å²) in [5.74, 6) is -2.12. The number of amides is 1. The van der Waals surface area contributed by atoms with Crippen LogP contribution in [0.3, 0.4) is 0 Å². The SMILES string of the molecule is CC(C)(C)NC(=O)/C=C(\O)CCl.CC(C)(C)OC(=O)/C(C#N)=C(\O)CCl. The fraction of sp³-hybridized carbons (Fsp3) is 0.588. The zero-order valence-electron chi connectivity index (χ0n) is 15.8. The fourth-order valence-corrected chi connectivity index (χ4v) is 1.43. The van der Waals surface area contributed by atoms with Gasteiger partial charge in [-0.3, -0.25) is 4.79 Å². The molecule has 3 N–H and O–H groups in total. The summed E-state index contributed by atoms with van der Waals surface area (Å²) in [5.41, 5.74) is -1.44. The Balaban J connectivity index is 0. The van der Waals surface area contributed by atoms with Crippen LogP contribution < -0.4 is 5.32 Å². The van der Waals surface area contributed by atoms with Gasteiger partial charge < -0.3 is 20.3 Å². The number of carbonyl (C=O) groups is 2. The summed E-state index contributed by atoms with van der Waals surface area (Å²) in [5, 5.41) is 29.2. The number of ether oxygens (including phenoxy) is 1. The van der Waals surface area contributed by atoms with Crippen LogP contribution in [-0.4, -0.2) is 45.0 Å². The van der Waals surface area contributed by atoms with Crippen molar-refractivity contribution >= 4 is 35.1 Å². The minimum absolute atomic E-state index is 0.0441. The predicted molar refractivity (Wildman–Crippen MR) is 101 cm³/mol. The molecule has 0 atom stereocenters. The van der Waals surface area contributed by atoms with E-state index >= 15 is 0 Å². The van der Waals surface area contributed by atoms with E-state index in [-0.39, 0.29) is 29.0 Å². The first-order valence-electron chi connectivity index (χ1n) is 7.56. The summed E-state index contributed by atoms with van der Waals surface area (Å²) < 4.78 is 4.88. The molecular weight excluding hydrogens is 383 g/mol. The fourth-order valence-electron chi connectivity index (χ4n) is 1.22. The number of esters is 1. The number of nitrogens with zero attached hydrogens (tertiary/aromatic N) is 1. The van der Waals surface area contributed by atoms with Crippen molar-refractivity contribution in [2.45, 2.75) is 52.7 Å². The Kier molecular flexibility index (Phi) is 11.8. The second-order valence-corrected chi connectivity index (χ2v) is 7.61. The van der Waals surface area contributed by atoms with E-state index in [1.807, 2.05) is 20.8 Å². The van der Waals surface area contributed by atoms with E-state index in [9.17, 15) is 9.59 Å². The van der Waals surface area contributed by atoms with Gasteiger partial charge in [0, 0.05) is 11.6 Å². The minimum Gasteiger partial charge on any atom is -0.511 e. The van der Waals surface area contributed by atoms with E-state index in [1.165, 1.54) is 0 Å². The highest BCUT2D eigenvalue weighted by Gasteiger charge is 2.22. The molecule has 0 spiro atoms. The maximum Gasteiger partial charge on any atom is 0.352 e. The van der Waals surface area contributed by atoms with Gasteiger partial charge in [0.05, 0.1) is 11.8 Å². The van der Waals surface area contributed by atoms with Crippen LogP contribution in [0.2, 0.25) is 0 Å². The Morgan fingerprint density at radius 3 is 1.92 bits per heavy atom. The zero-order valence-corrected chi connectivity index (χ0v) is 17.3. The second kappa shape index (κ2) is 11.7. The van der Waals surface area contributed by atoms with E-state index in [4.69, 9.17) is 43.4 Å². The van der Waals surface area contributed by atoms with Crippen molar-refractivity contribution in [3.8, 4) is 6.07 Å². The Hall–Kier alpha value is -1.91. The maximum absolute atomic E-state index is 11.3. The van der Waals surface area contributed by atoms with Gasteiger partial charge in [0.15, 0.2) is 5.57 Å². The van der Waals surface area contributed by atoms with Gasteiger partial charge in [-0.15, -0.1) is 23.2 Å². The van der Waals surface area contributed by atoms with E-state index < -0.39 is 22.9 Å². The van der Waals surface area contributed by atoms with Crippen molar-refractivity contribution in [2.24, 2.45) is 0 Å². The largest absolute Gasteiger partial charge is 0.511 e. The van der Waals surface area contributed by atoms with Crippen LogP contribution in [0.25, 0.3) is 0 Å². The Morgan fingerprint density at radius 1 is 1.12 bits per heavy atom. The number of hydrogen-bond acceptors (Lipinski definition) is 6. The summed E-state index contributed by atoms with van der Waals surface area (Å²) in [6.45, 7) is 10.6. The molecule has 0 aliphatic carbocycles. The molecule has 1 amide bonds. The summed E-state index contributed by atoms with van der Waals surface area (Å²) in [6.07, 6.45) is 1.08. The molecule has 0 heterocycles. The van der Waals surface area contributed by atoms with E-state index in [1.54, 1.807) is 26.8 Å². The molecule has 9 heteroatoms. The van der Waals surface area contributed by atoms with Crippen molar-refractivity contribution in [2.75, 3.05) is 11.8 Å². The topological polar surface area (TPSA) is 120 Å². The van der Waals surface area contributed by atoms with Crippen molar-refractivity contribution in [1.29, 1.82) is 5.26 Å². The molecule has 0 aromatic carbocycles. The number of halogens is 2. The monoisotopic (exact) mass is 408 g/mol. The van der Waals surface area contributed by atoms with Crippen molar-refractivity contribution in [3.05, 3.63) is 23.2 Å². The molecule has 7 nitrogen and oxygen atoms in total. The first-order valence-corrected chi connectivity index (χ1v) is 8.63. The summed E-state index contributed by atoms with van der Waals surface area (Å²) in [7, 11) is 0. The van der Waals surface area contributed by atoms with Crippen LogP contribution in [0.1, 0.15) is 41.5 Å². The normalized spacial score (nSPS) is 12.8. The van der Waals surface area contributed by atoms with Gasteiger partial charge in [-0.2, -0.15) is 5.26 Å². The number of carbonyl (C=O) groups excluding carboxylic acids is 2. The number of nitriles is 1. The highest BCUT2D eigenvalue weighted by Crippen LogP contribution is 2.12. The molecule has 0 bridgehead atoms. The molecule has 0 saturated heterocycles. The Labute approximate surface area is 164 Å². The first kappa shape index (κ1) is 26.3. The number of nitrogens with one attached hydrogen (secondary N) is 1. The maximum atomic E-state index is 11.3. The molecule has 0 radical (unpaired) electrons. The Morgan fingerprint density at radius 2 is 1.62 bits per heavy atom. The lowest BCUT2D eigenvalue weighted by molar-refractivity contribution is -0.149. The van der Waals surface area contributed by atoms with Crippen molar-refractivity contribution < 1.29 is 24.5 Å². The standard InChI is InChI=1S/C9H12ClNO3.C8H14ClNO2/c1-9(2,3)14-8(13)6(5-11)7(12)4-10;1-8(2,3)10-7(12)4-6(11)5-9/h12H,4H2,1-3H3;4,11H,5H2,1-3H3,(H,10,12)/b7-6-;6-4-. The molecule has 0 rings (SSSR count). The summed E-state index contributed by atoms with van der Waals surface area (Å²) in [4.78, 5) is 22.3. The number of aliphatic hydroxyl groups excluding tert-OH is 2. The molecule has 0 unspecified atom stereocenters. The summed E-state index contributed by atoms with van der Waals surface area (Å²) in [6, 6.07) is 1.55. The first-order chi connectivity index (χ1) is 11.7. The van der Waals surface area contributed by atoms with Gasteiger partial charge in [0.25, 0.3) is 0 Å². The smallest absolute Gasteiger partial charge is 0.352 e. The molecule has 0 aliphatic heterocycles. The number of hydrogen-bond donors (Lipinski definition) is 3. The molecular formula is C17H26Cl2N2O5. The van der Waals surface area contributed by atoms with Gasteiger partial charge in [-0.25, -0.2) is 4.79 Å². The lowest BCUT2D eigenvalue weighted by Crippen LogP contribution is -2.39. The quantitative estimate of drug-likeness (QED) is 0.215. The second-order valence-electron chi connectivity index (χ2n) is 7.08. The average molecular weight is 409 g/mol. The van der Waals surface area contributed by atoms with Gasteiger partial charge in [0.1, 0.15) is 23.2 Å². The van der Waals surface area contributed by atoms with Crippen LogP contribution in [0.15, 0.2) is 23.2 Å². The van der Waals surface area contributed by atoms with Crippen molar-refractivity contribution in [3.63, 3.8) is 0 Å². The van der Waals surface area contributed by atoms with Crippen LogP contribution in [0.4, 0.5) is 0 Å². The molecule has 0 fully saturated rings. The van der Waals surface area contributed by atoms with Gasteiger partial charge in [0.2, 0.25) is 5.91 Å². The molecule has 0 aliphatic rings. The molecule has 0 aromatic heterocycles. The zero-order chi connectivity index (χ0) is 21.1. The third-order valence-electron chi connectivity index (χ3n) is 2.06. The predicted octanol–water partition coefficient (Wildman–Crippen LogP) is 3.48. The number of rotatable bonds is 4. The molecule has 0 saturated carbocycles. The van der Waals surface area contributed by atoms with Crippen LogP contribution in [-0.2, 0) is 14.3 Å². The van der Waals surface area contributed by atoms with Crippen LogP contribution >= 0.6 is 23.2 Å². The van der Waals surface area contributed by atoms with E-state index in [2.05, 4.69) is 5.32 Å². The number of aliphatic hydroxyl groups is 2. The molecule has 148 valence electrons. The lowest BCUT2D eigenvalue weighted by atomic mass is 10.1. The highest BCUT2D eigenvalue weighted by molar-refractivity contribution is 6.20. The summed E-state index contributed by atoms with van der Waals surface area (Å²) >= 11 is 10.5. The minimum atomic E-state index is -0.863. The van der Waals surface area contributed by atoms with Crippen LogP contribution in [0.5, 0.6) is 0 Å². The lowest BCUT2D eigenvalue weighted by Gasteiger charge is -2.19. The molecule has 0 aromatic rings. The van der Waals surface area contributed by atoms with Gasteiger partial charge in [-0.05, 0) is 41.5 Å². The van der Waals surface area contributed by atoms with Crippen LogP contribution in [0, 0.1) is 11.3 Å². The van der Waals surface area contributed by atoms with Gasteiger partial charge in [-0.1, -0.05) is 0 Å². The molecule has 26 heavy (non-hydrogen) atoms.